The number of esters is 1. The van der Waals surface area contributed by atoms with Gasteiger partial charge in [-0.15, -0.1) is 0 Å². The maximum Gasteiger partial charge on any atom is 0.308 e. The van der Waals surface area contributed by atoms with Gasteiger partial charge in [0.05, 0.1) is 0 Å². The monoisotopic (exact) mass is 274 g/mol. The first-order chi connectivity index (χ1) is 9.63. The summed E-state index contributed by atoms with van der Waals surface area (Å²) in [6.45, 7) is 8.95. The molecule has 1 heterocycles. The quantitative estimate of drug-likeness (QED) is 0.650. The number of carbonyl (C=O) groups is 1. The highest BCUT2D eigenvalue weighted by molar-refractivity contribution is 5.85. The molecule has 0 aliphatic heterocycles. The molecule has 0 bridgehead atoms. The number of ether oxygens (including phenoxy) is 1. The average molecular weight is 274 g/mol. The topological polar surface area (TPSA) is 45.3 Å². The molecule has 0 aliphatic carbocycles. The van der Waals surface area contributed by atoms with E-state index in [9.17, 15) is 4.79 Å². The highest BCUT2D eigenvalue weighted by Crippen LogP contribution is 2.24. The van der Waals surface area contributed by atoms with Crippen LogP contribution < -0.4 is 4.74 Å². The van der Waals surface area contributed by atoms with Crippen molar-refractivity contribution >= 4 is 16.9 Å². The molecule has 108 valence electrons. The third-order valence-electron chi connectivity index (χ3n) is 3.59. The Hall–Kier alpha value is -1.81. The molecule has 0 spiro atoms. The normalized spacial score (nSPS) is 11.2. The lowest BCUT2D eigenvalue weighted by molar-refractivity contribution is -0.131. The largest absolute Gasteiger partial charge is 0.427 e. The van der Waals surface area contributed by atoms with Crippen LogP contribution in [0.3, 0.4) is 0 Å². The van der Waals surface area contributed by atoms with Gasteiger partial charge in [0.25, 0.3) is 0 Å². The van der Waals surface area contributed by atoms with Gasteiger partial charge in [-0.05, 0) is 43.3 Å². The van der Waals surface area contributed by atoms with Gasteiger partial charge >= 0.3 is 5.97 Å². The van der Waals surface area contributed by atoms with Crippen molar-refractivity contribution in [1.82, 2.24) is 9.88 Å². The molecule has 0 radical (unpaired) electrons. The van der Waals surface area contributed by atoms with E-state index in [-0.39, 0.29) is 5.97 Å². The second-order valence-electron chi connectivity index (χ2n) is 4.89. The minimum absolute atomic E-state index is 0.287. The van der Waals surface area contributed by atoms with Crippen molar-refractivity contribution in [2.45, 2.75) is 27.2 Å². The summed E-state index contributed by atoms with van der Waals surface area (Å²) in [6, 6.07) is 5.70. The van der Waals surface area contributed by atoms with Crippen LogP contribution in [-0.2, 0) is 11.2 Å². The van der Waals surface area contributed by atoms with Crippen LogP contribution in [0, 0.1) is 0 Å². The lowest BCUT2D eigenvalue weighted by Crippen LogP contribution is -2.25. The van der Waals surface area contributed by atoms with Crippen LogP contribution in [0.2, 0.25) is 0 Å². The zero-order chi connectivity index (χ0) is 14.5. The van der Waals surface area contributed by atoms with Crippen molar-refractivity contribution in [3.05, 3.63) is 30.0 Å². The lowest BCUT2D eigenvalue weighted by Gasteiger charge is -2.17. The molecule has 4 heteroatoms. The van der Waals surface area contributed by atoms with E-state index in [1.54, 1.807) is 0 Å². The third-order valence-corrected chi connectivity index (χ3v) is 3.59. The van der Waals surface area contributed by atoms with Gasteiger partial charge in [-0.2, -0.15) is 0 Å². The van der Waals surface area contributed by atoms with Crippen molar-refractivity contribution in [1.29, 1.82) is 0 Å². The summed E-state index contributed by atoms with van der Waals surface area (Å²) in [5.41, 5.74) is 2.34. The second kappa shape index (κ2) is 6.57. The van der Waals surface area contributed by atoms with E-state index in [0.717, 1.165) is 37.0 Å². The van der Waals surface area contributed by atoms with Crippen LogP contribution in [0.4, 0.5) is 0 Å². The van der Waals surface area contributed by atoms with Gasteiger partial charge in [-0.1, -0.05) is 13.8 Å². The highest BCUT2D eigenvalue weighted by atomic mass is 16.5. The maximum atomic E-state index is 11.0. The van der Waals surface area contributed by atoms with E-state index in [0.29, 0.717) is 5.75 Å². The van der Waals surface area contributed by atoms with Crippen LogP contribution in [0.5, 0.6) is 5.75 Å². The molecule has 2 aromatic rings. The van der Waals surface area contributed by atoms with Crippen LogP contribution in [0.15, 0.2) is 24.4 Å². The van der Waals surface area contributed by atoms with Crippen molar-refractivity contribution in [2.24, 2.45) is 0 Å². The van der Waals surface area contributed by atoms with Crippen LogP contribution in [-0.4, -0.2) is 35.5 Å². The van der Waals surface area contributed by atoms with E-state index in [1.807, 2.05) is 24.4 Å². The Kier molecular flexibility index (Phi) is 4.79. The molecule has 0 saturated carbocycles. The zero-order valence-corrected chi connectivity index (χ0v) is 12.4. The molecule has 0 atom stereocenters. The van der Waals surface area contributed by atoms with Gasteiger partial charge in [-0.3, -0.25) is 4.79 Å². The van der Waals surface area contributed by atoms with Gasteiger partial charge in [0.15, 0.2) is 0 Å². The van der Waals surface area contributed by atoms with Crippen LogP contribution in [0.25, 0.3) is 10.9 Å². The lowest BCUT2D eigenvalue weighted by atomic mass is 10.1. The Morgan fingerprint density at radius 2 is 2.05 bits per heavy atom. The number of nitrogens with one attached hydrogen (secondary N) is 1. The van der Waals surface area contributed by atoms with Gasteiger partial charge < -0.3 is 14.6 Å². The SMILES string of the molecule is CCN(CC)CCc1c[nH]c2ccc(OC(C)=O)cc12. The number of nitrogens with zero attached hydrogens (tertiary/aromatic N) is 1. The maximum absolute atomic E-state index is 11.0. The summed E-state index contributed by atoms with van der Waals surface area (Å²) in [7, 11) is 0. The third kappa shape index (κ3) is 3.39. The first-order valence-corrected chi connectivity index (χ1v) is 7.14. The summed E-state index contributed by atoms with van der Waals surface area (Å²) in [5.74, 6) is 0.318. The number of carbonyl (C=O) groups excluding carboxylic acids is 1. The highest BCUT2D eigenvalue weighted by Gasteiger charge is 2.08. The summed E-state index contributed by atoms with van der Waals surface area (Å²) in [5, 5.41) is 1.14. The molecule has 0 unspecified atom stereocenters. The zero-order valence-electron chi connectivity index (χ0n) is 12.4. The van der Waals surface area contributed by atoms with Crippen molar-refractivity contribution in [2.75, 3.05) is 19.6 Å². The number of rotatable bonds is 6. The van der Waals surface area contributed by atoms with Gasteiger partial charge in [-0.25, -0.2) is 0 Å². The fourth-order valence-corrected chi connectivity index (χ4v) is 2.41. The fraction of sp³-hybridized carbons (Fsp3) is 0.438. The second-order valence-corrected chi connectivity index (χ2v) is 4.89. The number of aromatic amines is 1. The molecule has 0 fully saturated rings. The van der Waals surface area contributed by atoms with E-state index >= 15 is 0 Å². The fourth-order valence-electron chi connectivity index (χ4n) is 2.41. The van der Waals surface area contributed by atoms with Crippen molar-refractivity contribution in [3.8, 4) is 5.75 Å². The van der Waals surface area contributed by atoms with E-state index < -0.39 is 0 Å². The predicted octanol–water partition coefficient (Wildman–Crippen LogP) is 2.98. The van der Waals surface area contributed by atoms with Crippen LogP contribution in [0.1, 0.15) is 26.3 Å². The van der Waals surface area contributed by atoms with Crippen molar-refractivity contribution in [3.63, 3.8) is 0 Å². The Balaban J connectivity index is 2.18. The van der Waals surface area contributed by atoms with Gasteiger partial charge in [0.1, 0.15) is 5.75 Å². The molecular weight excluding hydrogens is 252 g/mol. The molecule has 0 amide bonds. The summed E-state index contributed by atoms with van der Waals surface area (Å²) >= 11 is 0. The smallest absolute Gasteiger partial charge is 0.308 e. The number of fused-ring (bicyclic) bond motifs is 1. The Labute approximate surface area is 119 Å². The number of hydrogen-bond donors (Lipinski definition) is 1. The minimum Gasteiger partial charge on any atom is -0.427 e. The molecule has 20 heavy (non-hydrogen) atoms. The number of aromatic nitrogens is 1. The number of hydrogen-bond acceptors (Lipinski definition) is 3. The molecule has 0 aliphatic rings. The van der Waals surface area contributed by atoms with Gasteiger partial charge in [0, 0.05) is 30.6 Å². The molecule has 2 rings (SSSR count). The molecule has 1 aromatic carbocycles. The summed E-state index contributed by atoms with van der Waals surface area (Å²) in [6.07, 6.45) is 3.04. The molecule has 1 N–H and O–H groups in total. The molecule has 4 nitrogen and oxygen atoms in total. The van der Waals surface area contributed by atoms with Gasteiger partial charge in [0.2, 0.25) is 0 Å². The first kappa shape index (κ1) is 14.6. The number of benzene rings is 1. The van der Waals surface area contributed by atoms with E-state index in [1.165, 1.54) is 12.5 Å². The minimum atomic E-state index is -0.287. The predicted molar refractivity (Wildman–Crippen MR) is 81.1 cm³/mol. The first-order valence-electron chi connectivity index (χ1n) is 7.14. The molecular formula is C16H22N2O2. The summed E-state index contributed by atoms with van der Waals surface area (Å²) in [4.78, 5) is 16.7. The summed E-state index contributed by atoms with van der Waals surface area (Å²) < 4.78 is 5.15. The van der Waals surface area contributed by atoms with Crippen LogP contribution >= 0.6 is 0 Å². The van der Waals surface area contributed by atoms with E-state index in [4.69, 9.17) is 4.74 Å². The number of H-pyrrole nitrogens is 1. The van der Waals surface area contributed by atoms with Crippen molar-refractivity contribution < 1.29 is 9.53 Å². The Morgan fingerprint density at radius 1 is 1.30 bits per heavy atom. The molecule has 0 saturated heterocycles. The Morgan fingerprint density at radius 3 is 2.70 bits per heavy atom. The number of likely N-dealkylation sites (N-methyl/N-ethyl adjacent to an activating group) is 1. The average Bonchev–Trinajstić information content (AvgIpc) is 2.82. The van der Waals surface area contributed by atoms with E-state index in [2.05, 4.69) is 23.7 Å². The molecule has 1 aromatic heterocycles. The standard InChI is InChI=1S/C16H22N2O2/c1-4-18(5-2)9-8-13-11-17-16-7-6-14(10-15(13)16)20-12(3)19/h6-7,10-11,17H,4-5,8-9H2,1-3H3. The Bertz CT molecular complexity index is 585.